The summed E-state index contributed by atoms with van der Waals surface area (Å²) in [5.74, 6) is -0.187. The van der Waals surface area contributed by atoms with Crippen molar-refractivity contribution < 1.29 is 4.79 Å². The first-order chi connectivity index (χ1) is 12.5. The Bertz CT molecular complexity index is 983. The Morgan fingerprint density at radius 1 is 1.35 bits per heavy atom. The van der Waals surface area contributed by atoms with Crippen molar-refractivity contribution in [2.45, 2.75) is 32.7 Å². The minimum Gasteiger partial charge on any atom is -0.355 e. The number of halogens is 1. The fraction of sp³-hybridized carbons (Fsp3) is 0.333. The highest BCUT2D eigenvalue weighted by Crippen LogP contribution is 2.14. The van der Waals surface area contributed by atoms with Crippen LogP contribution in [-0.4, -0.2) is 27.0 Å². The third-order valence-corrected chi connectivity index (χ3v) is 5.43. The zero-order chi connectivity index (χ0) is 18.5. The Morgan fingerprint density at radius 2 is 2.19 bits per heavy atom. The average Bonchev–Trinajstić information content (AvgIpc) is 3.03. The second kappa shape index (κ2) is 8.55. The molecular formula is C18H19BrN4O2S. The van der Waals surface area contributed by atoms with Gasteiger partial charge in [-0.25, -0.2) is 9.97 Å². The molecule has 0 aliphatic rings. The summed E-state index contributed by atoms with van der Waals surface area (Å²) in [4.78, 5) is 33.2. The summed E-state index contributed by atoms with van der Waals surface area (Å²) in [6, 6.07) is 5.33. The normalized spacial score (nSPS) is 11.0. The van der Waals surface area contributed by atoms with Gasteiger partial charge in [0.25, 0.3) is 5.56 Å². The van der Waals surface area contributed by atoms with Gasteiger partial charge < -0.3 is 5.32 Å². The molecule has 0 atom stereocenters. The summed E-state index contributed by atoms with van der Waals surface area (Å²) in [5, 5.41) is 6.53. The summed E-state index contributed by atoms with van der Waals surface area (Å²) in [5.41, 5.74) is 1.46. The second-order valence-electron chi connectivity index (χ2n) is 6.03. The lowest BCUT2D eigenvalue weighted by molar-refractivity contribution is -0.121. The molecule has 1 aromatic carbocycles. The lowest BCUT2D eigenvalue weighted by atomic mass is 10.2. The van der Waals surface area contributed by atoms with Gasteiger partial charge in [-0.1, -0.05) is 15.9 Å². The van der Waals surface area contributed by atoms with Crippen LogP contribution in [0.3, 0.4) is 0 Å². The third-order valence-electron chi connectivity index (χ3n) is 3.91. The minimum atomic E-state index is -0.217. The van der Waals surface area contributed by atoms with Gasteiger partial charge in [-0.2, -0.15) is 0 Å². The van der Waals surface area contributed by atoms with E-state index in [-0.39, 0.29) is 18.0 Å². The predicted octanol–water partition coefficient (Wildman–Crippen LogP) is 3.06. The first-order valence-corrected chi connectivity index (χ1v) is 10.0. The molecule has 0 radical (unpaired) electrons. The number of carbonyl (C=O) groups is 1. The molecule has 6 nitrogen and oxygen atoms in total. The molecule has 0 bridgehead atoms. The number of aromatic nitrogens is 3. The summed E-state index contributed by atoms with van der Waals surface area (Å²) in [6.45, 7) is 2.55. The van der Waals surface area contributed by atoms with E-state index in [2.05, 4.69) is 31.2 Å². The number of amides is 1. The highest BCUT2D eigenvalue weighted by atomic mass is 79.9. The largest absolute Gasteiger partial charge is 0.355 e. The Labute approximate surface area is 163 Å². The van der Waals surface area contributed by atoms with Gasteiger partial charge >= 0.3 is 0 Å². The van der Waals surface area contributed by atoms with Gasteiger partial charge in [0.05, 0.1) is 22.2 Å². The number of aryl methyl sites for hydroxylation is 2. The van der Waals surface area contributed by atoms with Crippen molar-refractivity contribution in [2.24, 2.45) is 0 Å². The fourth-order valence-electron chi connectivity index (χ4n) is 2.60. The van der Waals surface area contributed by atoms with E-state index in [1.54, 1.807) is 23.5 Å². The summed E-state index contributed by atoms with van der Waals surface area (Å²) < 4.78 is 2.14. The molecule has 8 heteroatoms. The molecule has 0 aliphatic heterocycles. The highest BCUT2D eigenvalue weighted by Gasteiger charge is 2.08. The molecule has 0 saturated carbocycles. The quantitative estimate of drug-likeness (QED) is 0.579. The number of thiazole rings is 1. The zero-order valence-corrected chi connectivity index (χ0v) is 16.8. The SMILES string of the molecule is Cc1csc(CCCCNC(=O)Cn2cnc3ccc(Br)cc3c2=O)n1. The molecular weight excluding hydrogens is 416 g/mol. The molecule has 0 fully saturated rings. The Morgan fingerprint density at radius 3 is 2.96 bits per heavy atom. The van der Waals surface area contributed by atoms with Crippen LogP contribution in [0.4, 0.5) is 0 Å². The van der Waals surface area contributed by atoms with E-state index >= 15 is 0 Å². The van der Waals surface area contributed by atoms with Crippen molar-refractivity contribution in [3.8, 4) is 0 Å². The van der Waals surface area contributed by atoms with Crippen LogP contribution < -0.4 is 10.9 Å². The van der Waals surface area contributed by atoms with Gasteiger partial charge in [0.2, 0.25) is 5.91 Å². The number of unbranched alkanes of at least 4 members (excludes halogenated alkanes) is 1. The van der Waals surface area contributed by atoms with Gasteiger partial charge in [0.1, 0.15) is 6.54 Å². The third kappa shape index (κ3) is 4.76. The maximum Gasteiger partial charge on any atom is 0.261 e. The average molecular weight is 435 g/mol. The predicted molar refractivity (Wildman–Crippen MR) is 107 cm³/mol. The van der Waals surface area contributed by atoms with Crippen LogP contribution in [0, 0.1) is 6.92 Å². The van der Waals surface area contributed by atoms with E-state index < -0.39 is 0 Å². The van der Waals surface area contributed by atoms with Gasteiger partial charge in [-0.3, -0.25) is 14.2 Å². The molecule has 26 heavy (non-hydrogen) atoms. The summed E-state index contributed by atoms with van der Waals surface area (Å²) >= 11 is 5.02. The topological polar surface area (TPSA) is 76.9 Å². The number of nitrogens with one attached hydrogen (secondary N) is 1. The van der Waals surface area contributed by atoms with Crippen LogP contribution in [0.5, 0.6) is 0 Å². The van der Waals surface area contributed by atoms with Crippen molar-refractivity contribution in [3.05, 3.63) is 55.4 Å². The first-order valence-electron chi connectivity index (χ1n) is 8.35. The molecule has 3 aromatic rings. The van der Waals surface area contributed by atoms with E-state index in [1.165, 1.54) is 10.9 Å². The number of carbonyl (C=O) groups excluding carboxylic acids is 1. The number of benzene rings is 1. The maximum atomic E-state index is 12.5. The van der Waals surface area contributed by atoms with Crippen molar-refractivity contribution in [3.63, 3.8) is 0 Å². The fourth-order valence-corrected chi connectivity index (χ4v) is 3.78. The van der Waals surface area contributed by atoms with E-state index in [0.29, 0.717) is 17.4 Å². The van der Waals surface area contributed by atoms with Gasteiger partial charge in [0, 0.05) is 22.1 Å². The number of nitrogens with zero attached hydrogens (tertiary/aromatic N) is 3. The molecule has 1 N–H and O–H groups in total. The summed E-state index contributed by atoms with van der Waals surface area (Å²) in [6.07, 6.45) is 4.20. The van der Waals surface area contributed by atoms with Gasteiger partial charge in [-0.05, 0) is 44.4 Å². The number of fused-ring (bicyclic) bond motifs is 1. The molecule has 2 aromatic heterocycles. The van der Waals surface area contributed by atoms with Crippen molar-refractivity contribution in [2.75, 3.05) is 6.54 Å². The molecule has 0 saturated heterocycles. The number of hydrogen-bond acceptors (Lipinski definition) is 5. The van der Waals surface area contributed by atoms with E-state index in [4.69, 9.17) is 0 Å². The molecule has 3 rings (SSSR count). The van der Waals surface area contributed by atoms with Crippen LogP contribution >= 0.6 is 27.3 Å². The van der Waals surface area contributed by atoms with Crippen LogP contribution in [0.15, 0.2) is 39.2 Å². The lowest BCUT2D eigenvalue weighted by Crippen LogP contribution is -2.33. The first kappa shape index (κ1) is 18.7. The number of rotatable bonds is 7. The smallest absolute Gasteiger partial charge is 0.261 e. The lowest BCUT2D eigenvalue weighted by Gasteiger charge is -2.08. The standard InChI is InChI=1S/C18H19BrN4O2S/c1-12-10-26-17(22-12)4-2-3-7-20-16(24)9-23-11-21-15-6-5-13(19)8-14(15)18(23)25/h5-6,8,10-11H,2-4,7,9H2,1H3,(H,20,24). The zero-order valence-electron chi connectivity index (χ0n) is 14.4. The second-order valence-corrected chi connectivity index (χ2v) is 7.89. The van der Waals surface area contributed by atoms with Crippen molar-refractivity contribution >= 4 is 44.1 Å². The van der Waals surface area contributed by atoms with E-state index in [1.807, 2.05) is 18.4 Å². The van der Waals surface area contributed by atoms with Crippen LogP contribution in [-0.2, 0) is 17.8 Å². The van der Waals surface area contributed by atoms with E-state index in [0.717, 1.165) is 34.4 Å². The van der Waals surface area contributed by atoms with Crippen LogP contribution in [0.25, 0.3) is 10.9 Å². The Balaban J connectivity index is 1.49. The molecule has 1 amide bonds. The molecule has 0 unspecified atom stereocenters. The van der Waals surface area contributed by atoms with Gasteiger partial charge in [0.15, 0.2) is 0 Å². The molecule has 0 aliphatic carbocycles. The molecule has 0 spiro atoms. The van der Waals surface area contributed by atoms with Crippen LogP contribution in [0.2, 0.25) is 0 Å². The highest BCUT2D eigenvalue weighted by molar-refractivity contribution is 9.10. The Hall–Kier alpha value is -2.06. The van der Waals surface area contributed by atoms with E-state index in [9.17, 15) is 9.59 Å². The maximum absolute atomic E-state index is 12.5. The number of hydrogen-bond donors (Lipinski definition) is 1. The van der Waals surface area contributed by atoms with Crippen LogP contribution in [0.1, 0.15) is 23.5 Å². The van der Waals surface area contributed by atoms with Crippen molar-refractivity contribution in [1.29, 1.82) is 0 Å². The minimum absolute atomic E-state index is 0.0278. The van der Waals surface area contributed by atoms with Crippen molar-refractivity contribution in [1.82, 2.24) is 19.9 Å². The monoisotopic (exact) mass is 434 g/mol. The Kier molecular flexibility index (Phi) is 6.16. The molecule has 2 heterocycles. The van der Waals surface area contributed by atoms with Gasteiger partial charge in [-0.15, -0.1) is 11.3 Å². The molecule has 136 valence electrons. The summed E-state index contributed by atoms with van der Waals surface area (Å²) in [7, 11) is 0.